The third kappa shape index (κ3) is 2.68. The minimum atomic E-state index is 0.291. The van der Waals surface area contributed by atoms with Crippen molar-refractivity contribution < 1.29 is 9.26 Å². The van der Waals surface area contributed by atoms with Crippen molar-refractivity contribution in [3.8, 4) is 0 Å². The number of nitrogens with zero attached hydrogens (tertiary/aromatic N) is 2. The first kappa shape index (κ1) is 10.4. The van der Waals surface area contributed by atoms with Crippen LogP contribution in [0.3, 0.4) is 0 Å². The van der Waals surface area contributed by atoms with Crippen molar-refractivity contribution in [3.05, 3.63) is 5.82 Å². The number of nitrogens with one attached hydrogen (secondary N) is 1. The first-order chi connectivity index (χ1) is 7.25. The molecule has 84 valence electrons. The van der Waals surface area contributed by atoms with Crippen molar-refractivity contribution >= 4 is 6.01 Å². The highest BCUT2D eigenvalue weighted by Crippen LogP contribution is 2.15. The number of hydrogen-bond acceptors (Lipinski definition) is 5. The summed E-state index contributed by atoms with van der Waals surface area (Å²) in [5.74, 6) is 1.04. The molecule has 0 aromatic carbocycles. The Bertz CT molecular complexity index is 305. The van der Waals surface area contributed by atoms with E-state index in [4.69, 9.17) is 9.26 Å². The van der Waals surface area contributed by atoms with Crippen LogP contribution >= 0.6 is 0 Å². The molecule has 5 heteroatoms. The summed E-state index contributed by atoms with van der Waals surface area (Å²) in [6.07, 6.45) is 2.55. The van der Waals surface area contributed by atoms with Crippen LogP contribution in [0.1, 0.15) is 38.4 Å². The lowest BCUT2D eigenvalue weighted by molar-refractivity contribution is 0.120. The fourth-order valence-electron chi connectivity index (χ4n) is 1.55. The van der Waals surface area contributed by atoms with Crippen LogP contribution in [-0.2, 0) is 4.74 Å². The average Bonchev–Trinajstić information content (AvgIpc) is 2.86. The molecule has 0 aliphatic carbocycles. The topological polar surface area (TPSA) is 60.2 Å². The van der Waals surface area contributed by atoms with E-state index in [1.165, 1.54) is 0 Å². The number of ether oxygens (including phenoxy) is 1. The third-order valence-corrected chi connectivity index (χ3v) is 2.46. The fraction of sp³-hybridized carbons (Fsp3) is 0.800. The van der Waals surface area contributed by atoms with Crippen LogP contribution in [0.5, 0.6) is 0 Å². The summed E-state index contributed by atoms with van der Waals surface area (Å²) >= 11 is 0. The monoisotopic (exact) mass is 211 g/mol. The lowest BCUT2D eigenvalue weighted by Gasteiger charge is -2.07. The Morgan fingerprint density at radius 2 is 2.40 bits per heavy atom. The van der Waals surface area contributed by atoms with E-state index in [9.17, 15) is 0 Å². The van der Waals surface area contributed by atoms with Gasteiger partial charge in [0.2, 0.25) is 0 Å². The maximum absolute atomic E-state index is 5.48. The van der Waals surface area contributed by atoms with Crippen LogP contribution in [0.25, 0.3) is 0 Å². The van der Waals surface area contributed by atoms with Crippen molar-refractivity contribution in [2.45, 2.75) is 38.7 Å². The van der Waals surface area contributed by atoms with Gasteiger partial charge < -0.3 is 14.6 Å². The predicted molar refractivity (Wildman–Crippen MR) is 55.9 cm³/mol. The van der Waals surface area contributed by atoms with Gasteiger partial charge in [0.25, 0.3) is 0 Å². The zero-order valence-corrected chi connectivity index (χ0v) is 9.19. The maximum Gasteiger partial charge on any atom is 0.321 e. The summed E-state index contributed by atoms with van der Waals surface area (Å²) in [5, 5.41) is 6.97. The standard InChI is InChI=1S/C10H17N3O2/c1-7(2)9-12-10(15-13-9)11-6-8-4-3-5-14-8/h7-8H,3-6H2,1-2H3,(H,11,12,13). The third-order valence-electron chi connectivity index (χ3n) is 2.46. The molecular formula is C10H17N3O2. The molecule has 0 saturated carbocycles. The molecule has 1 saturated heterocycles. The highest BCUT2D eigenvalue weighted by atomic mass is 16.5. The molecule has 1 N–H and O–H groups in total. The van der Waals surface area contributed by atoms with E-state index < -0.39 is 0 Å². The van der Waals surface area contributed by atoms with Crippen molar-refractivity contribution in [1.29, 1.82) is 0 Å². The molecule has 15 heavy (non-hydrogen) atoms. The normalized spacial score (nSPS) is 21.1. The first-order valence-electron chi connectivity index (χ1n) is 5.45. The first-order valence-corrected chi connectivity index (χ1v) is 5.45. The van der Waals surface area contributed by atoms with Gasteiger partial charge in [0.05, 0.1) is 6.10 Å². The van der Waals surface area contributed by atoms with Crippen LogP contribution < -0.4 is 5.32 Å². The SMILES string of the molecule is CC(C)c1noc(NCC2CCCO2)n1. The number of anilines is 1. The van der Waals surface area contributed by atoms with E-state index in [0.717, 1.165) is 31.8 Å². The highest BCUT2D eigenvalue weighted by molar-refractivity contribution is 5.19. The molecule has 2 rings (SSSR count). The number of aromatic nitrogens is 2. The predicted octanol–water partition coefficient (Wildman–Crippen LogP) is 1.78. The van der Waals surface area contributed by atoms with Crippen molar-refractivity contribution in [2.24, 2.45) is 0 Å². The van der Waals surface area contributed by atoms with E-state index in [1.807, 2.05) is 13.8 Å². The van der Waals surface area contributed by atoms with Gasteiger partial charge in [-0.2, -0.15) is 4.98 Å². The maximum atomic E-state index is 5.48. The second-order valence-corrected chi connectivity index (χ2v) is 4.13. The molecule has 0 spiro atoms. The molecule has 1 aromatic rings. The van der Waals surface area contributed by atoms with E-state index in [-0.39, 0.29) is 0 Å². The number of rotatable bonds is 4. The minimum Gasteiger partial charge on any atom is -0.376 e. The zero-order chi connectivity index (χ0) is 10.7. The molecular weight excluding hydrogens is 194 g/mol. The molecule has 1 aromatic heterocycles. The summed E-state index contributed by atoms with van der Waals surface area (Å²) in [6, 6.07) is 0.495. The van der Waals surface area contributed by atoms with Crippen molar-refractivity contribution in [3.63, 3.8) is 0 Å². The highest BCUT2D eigenvalue weighted by Gasteiger charge is 2.16. The van der Waals surface area contributed by atoms with E-state index in [2.05, 4.69) is 15.5 Å². The van der Waals surface area contributed by atoms with E-state index in [0.29, 0.717) is 18.0 Å². The van der Waals surface area contributed by atoms with Gasteiger partial charge in [0.1, 0.15) is 0 Å². The van der Waals surface area contributed by atoms with Crippen LogP contribution in [0.15, 0.2) is 4.52 Å². The Labute approximate surface area is 89.2 Å². The van der Waals surface area contributed by atoms with Gasteiger partial charge in [0.15, 0.2) is 5.82 Å². The lowest BCUT2D eigenvalue weighted by Crippen LogP contribution is -2.18. The Kier molecular flexibility index (Phi) is 3.20. The Morgan fingerprint density at radius 1 is 1.53 bits per heavy atom. The van der Waals surface area contributed by atoms with Gasteiger partial charge in [-0.3, -0.25) is 0 Å². The van der Waals surface area contributed by atoms with E-state index >= 15 is 0 Å². The van der Waals surface area contributed by atoms with Crippen LogP contribution in [0, 0.1) is 0 Å². The molecule has 0 radical (unpaired) electrons. The van der Waals surface area contributed by atoms with Crippen LogP contribution in [-0.4, -0.2) is 29.4 Å². The summed E-state index contributed by atoms with van der Waals surface area (Å²) in [6.45, 7) is 5.69. The summed E-state index contributed by atoms with van der Waals surface area (Å²) in [4.78, 5) is 4.23. The second kappa shape index (κ2) is 4.61. The van der Waals surface area contributed by atoms with Gasteiger partial charge in [-0.15, -0.1) is 0 Å². The fourth-order valence-corrected chi connectivity index (χ4v) is 1.55. The summed E-state index contributed by atoms with van der Waals surface area (Å²) in [5.41, 5.74) is 0. The Hall–Kier alpha value is -1.10. The largest absolute Gasteiger partial charge is 0.376 e. The van der Waals surface area contributed by atoms with Crippen molar-refractivity contribution in [2.75, 3.05) is 18.5 Å². The van der Waals surface area contributed by atoms with Gasteiger partial charge in [0, 0.05) is 19.1 Å². The van der Waals surface area contributed by atoms with Crippen LogP contribution in [0.2, 0.25) is 0 Å². The molecule has 0 amide bonds. The molecule has 1 fully saturated rings. The van der Waals surface area contributed by atoms with Gasteiger partial charge >= 0.3 is 6.01 Å². The average molecular weight is 211 g/mol. The molecule has 1 aliphatic rings. The molecule has 1 unspecified atom stereocenters. The molecule has 1 aliphatic heterocycles. The second-order valence-electron chi connectivity index (χ2n) is 4.13. The lowest BCUT2D eigenvalue weighted by atomic mass is 10.2. The minimum absolute atomic E-state index is 0.291. The molecule has 5 nitrogen and oxygen atoms in total. The van der Waals surface area contributed by atoms with Gasteiger partial charge in [-0.25, -0.2) is 0 Å². The van der Waals surface area contributed by atoms with E-state index in [1.54, 1.807) is 0 Å². The van der Waals surface area contributed by atoms with Crippen molar-refractivity contribution in [1.82, 2.24) is 10.1 Å². The Balaban J connectivity index is 1.82. The van der Waals surface area contributed by atoms with Crippen LogP contribution in [0.4, 0.5) is 6.01 Å². The number of hydrogen-bond donors (Lipinski definition) is 1. The molecule has 1 atom stereocenters. The zero-order valence-electron chi connectivity index (χ0n) is 9.19. The Morgan fingerprint density at radius 3 is 3.00 bits per heavy atom. The van der Waals surface area contributed by atoms with Gasteiger partial charge in [-0.05, 0) is 12.8 Å². The molecule has 0 bridgehead atoms. The molecule has 2 heterocycles. The quantitative estimate of drug-likeness (QED) is 0.822. The smallest absolute Gasteiger partial charge is 0.321 e. The summed E-state index contributed by atoms with van der Waals surface area (Å²) < 4.78 is 10.5. The van der Waals surface area contributed by atoms with Gasteiger partial charge in [-0.1, -0.05) is 19.0 Å². The summed E-state index contributed by atoms with van der Waals surface area (Å²) in [7, 11) is 0.